The molecule has 2 aromatic rings. The second-order valence-corrected chi connectivity index (χ2v) is 10.9. The monoisotopic (exact) mass is 468 g/mol. The molecule has 1 N–H and O–H groups in total. The first-order chi connectivity index (χ1) is 16.0. The van der Waals surface area contributed by atoms with E-state index in [0.29, 0.717) is 13.1 Å². The number of methoxy groups -OCH3 is 1. The molecule has 4 rings (SSSR count). The fraction of sp³-hybridized carbons (Fsp3) is 0.462. The van der Waals surface area contributed by atoms with Crippen molar-refractivity contribution in [2.75, 3.05) is 39.1 Å². The van der Waals surface area contributed by atoms with Crippen molar-refractivity contribution in [1.82, 2.24) is 9.21 Å². The van der Waals surface area contributed by atoms with Crippen molar-refractivity contribution in [3.8, 4) is 17.6 Å². The quantitative estimate of drug-likeness (QED) is 0.684. The highest BCUT2D eigenvalue weighted by molar-refractivity contribution is 7.89. The van der Waals surface area contributed by atoms with Gasteiger partial charge in [-0.1, -0.05) is 36.1 Å². The van der Waals surface area contributed by atoms with Gasteiger partial charge in [-0.25, -0.2) is 12.7 Å². The van der Waals surface area contributed by atoms with E-state index in [0.717, 1.165) is 41.8 Å². The van der Waals surface area contributed by atoms with Crippen LogP contribution in [0.4, 0.5) is 0 Å². The third-order valence-electron chi connectivity index (χ3n) is 6.83. The Morgan fingerprint density at radius 2 is 1.79 bits per heavy atom. The fourth-order valence-electron chi connectivity index (χ4n) is 5.02. The van der Waals surface area contributed by atoms with Crippen LogP contribution >= 0.6 is 0 Å². The number of aliphatic hydroxyl groups excluding tert-OH is 1. The zero-order valence-electron chi connectivity index (χ0n) is 19.3. The van der Waals surface area contributed by atoms with Gasteiger partial charge in [-0.2, -0.15) is 0 Å². The Hall–Kier alpha value is -2.37. The number of nitrogens with zero attached hydrogens (tertiary/aromatic N) is 2. The smallest absolute Gasteiger partial charge is 0.213 e. The minimum absolute atomic E-state index is 0.0183. The van der Waals surface area contributed by atoms with Gasteiger partial charge in [0.05, 0.1) is 25.0 Å². The van der Waals surface area contributed by atoms with E-state index < -0.39 is 10.0 Å². The molecule has 0 spiro atoms. The lowest BCUT2D eigenvalue weighted by Crippen LogP contribution is -2.67. The lowest BCUT2D eigenvalue weighted by molar-refractivity contribution is -0.0553. The van der Waals surface area contributed by atoms with Crippen molar-refractivity contribution >= 4 is 10.0 Å². The summed E-state index contributed by atoms with van der Waals surface area (Å²) < 4.78 is 32.2. The van der Waals surface area contributed by atoms with E-state index >= 15 is 0 Å². The molecule has 3 atom stereocenters. The van der Waals surface area contributed by atoms with Gasteiger partial charge in [-0.05, 0) is 56.1 Å². The predicted molar refractivity (Wildman–Crippen MR) is 130 cm³/mol. The number of hydrogen-bond donors (Lipinski definition) is 1. The van der Waals surface area contributed by atoms with Gasteiger partial charge in [0.2, 0.25) is 10.0 Å². The van der Waals surface area contributed by atoms with Gasteiger partial charge in [0, 0.05) is 36.7 Å². The van der Waals surface area contributed by atoms with Crippen LogP contribution in [0.2, 0.25) is 0 Å². The highest BCUT2D eigenvalue weighted by atomic mass is 32.2. The SMILES string of the molecule is CCS(=O)(=O)N1CCCCN2[C@@H](CO)[C@H](c3ccc(C#Cc4ccccc4OC)cc3)[C@@H]2C1. The Labute approximate surface area is 197 Å². The summed E-state index contributed by atoms with van der Waals surface area (Å²) in [5.41, 5.74) is 2.85. The highest BCUT2D eigenvalue weighted by Gasteiger charge is 2.49. The normalized spacial score (nSPS) is 23.9. The van der Waals surface area contributed by atoms with Crippen LogP contribution in [0.15, 0.2) is 48.5 Å². The van der Waals surface area contributed by atoms with Crippen molar-refractivity contribution in [1.29, 1.82) is 0 Å². The molecule has 2 aromatic carbocycles. The average molecular weight is 469 g/mol. The van der Waals surface area contributed by atoms with E-state index in [4.69, 9.17) is 4.74 Å². The molecular weight excluding hydrogens is 436 g/mol. The number of ether oxygens (including phenoxy) is 1. The molecule has 0 aromatic heterocycles. The number of rotatable bonds is 5. The van der Waals surface area contributed by atoms with E-state index in [2.05, 4.69) is 28.9 Å². The zero-order valence-corrected chi connectivity index (χ0v) is 20.1. The first-order valence-corrected chi connectivity index (χ1v) is 13.2. The van der Waals surface area contributed by atoms with Gasteiger partial charge < -0.3 is 9.84 Å². The summed E-state index contributed by atoms with van der Waals surface area (Å²) in [4.78, 5) is 2.29. The van der Waals surface area contributed by atoms with Crippen LogP contribution in [0.3, 0.4) is 0 Å². The molecule has 2 saturated heterocycles. The molecule has 0 radical (unpaired) electrons. The molecule has 2 aliphatic heterocycles. The van der Waals surface area contributed by atoms with E-state index in [9.17, 15) is 13.5 Å². The van der Waals surface area contributed by atoms with Crippen molar-refractivity contribution in [2.24, 2.45) is 0 Å². The van der Waals surface area contributed by atoms with Gasteiger partial charge >= 0.3 is 0 Å². The lowest BCUT2D eigenvalue weighted by atomic mass is 9.74. The second kappa shape index (κ2) is 10.3. The minimum atomic E-state index is -3.24. The molecule has 0 aliphatic carbocycles. The molecule has 7 heteroatoms. The summed E-state index contributed by atoms with van der Waals surface area (Å²) in [5, 5.41) is 10.1. The van der Waals surface area contributed by atoms with Crippen molar-refractivity contribution < 1.29 is 18.3 Å². The van der Waals surface area contributed by atoms with E-state index in [-0.39, 0.29) is 30.4 Å². The fourth-order valence-corrected chi connectivity index (χ4v) is 6.17. The maximum atomic E-state index is 12.6. The van der Waals surface area contributed by atoms with Crippen LogP contribution in [0.1, 0.15) is 42.4 Å². The molecule has 0 bridgehead atoms. The predicted octanol–water partition coefficient (Wildman–Crippen LogP) is 2.67. The van der Waals surface area contributed by atoms with Crippen LogP contribution in [0.25, 0.3) is 0 Å². The summed E-state index contributed by atoms with van der Waals surface area (Å²) in [7, 11) is -1.61. The van der Waals surface area contributed by atoms with Gasteiger partial charge in [0.15, 0.2) is 0 Å². The summed E-state index contributed by atoms with van der Waals surface area (Å²) >= 11 is 0. The van der Waals surface area contributed by atoms with E-state index in [1.165, 1.54) is 0 Å². The Kier molecular flexibility index (Phi) is 7.40. The van der Waals surface area contributed by atoms with Crippen LogP contribution < -0.4 is 4.74 Å². The van der Waals surface area contributed by atoms with Gasteiger partial charge in [-0.15, -0.1) is 0 Å². The largest absolute Gasteiger partial charge is 0.495 e. The second-order valence-electron chi connectivity index (χ2n) is 8.62. The third-order valence-corrected chi connectivity index (χ3v) is 8.68. The van der Waals surface area contributed by atoms with Crippen molar-refractivity contribution in [3.05, 3.63) is 65.2 Å². The molecular formula is C26H32N2O4S. The average Bonchev–Trinajstić information content (AvgIpc) is 2.82. The molecule has 176 valence electrons. The number of aliphatic hydroxyl groups is 1. The minimum Gasteiger partial charge on any atom is -0.495 e. The molecule has 0 amide bonds. The topological polar surface area (TPSA) is 70.1 Å². The Balaban J connectivity index is 1.55. The zero-order chi connectivity index (χ0) is 23.4. The summed E-state index contributed by atoms with van der Waals surface area (Å²) in [6.07, 6.45) is 1.79. The van der Waals surface area contributed by atoms with E-state index in [1.807, 2.05) is 36.4 Å². The summed E-state index contributed by atoms with van der Waals surface area (Å²) in [6.45, 7) is 3.72. The first kappa shape index (κ1) is 23.8. The third kappa shape index (κ3) is 4.95. The standard InChI is InChI=1S/C26H32N2O4S/c1-3-33(30,31)27-16-6-7-17-28-23(18-27)26(24(28)19-29)22-14-11-20(12-15-22)10-13-21-8-4-5-9-25(21)32-2/h4-5,8-9,11-12,14-15,23-24,26,29H,3,6-7,16-19H2,1-2H3/t23-,24-,26+/m0/s1. The van der Waals surface area contributed by atoms with Crippen LogP contribution in [-0.2, 0) is 10.0 Å². The Morgan fingerprint density at radius 1 is 1.06 bits per heavy atom. The molecule has 2 aliphatic rings. The molecule has 0 unspecified atom stereocenters. The Morgan fingerprint density at radius 3 is 2.48 bits per heavy atom. The summed E-state index contributed by atoms with van der Waals surface area (Å²) in [5.74, 6) is 7.33. The maximum Gasteiger partial charge on any atom is 0.213 e. The number of para-hydroxylation sites is 1. The van der Waals surface area contributed by atoms with Gasteiger partial charge in [0.25, 0.3) is 0 Å². The van der Waals surface area contributed by atoms with Gasteiger partial charge in [-0.3, -0.25) is 4.90 Å². The molecule has 0 saturated carbocycles. The van der Waals surface area contributed by atoms with E-state index in [1.54, 1.807) is 18.3 Å². The maximum absolute atomic E-state index is 12.6. The first-order valence-electron chi connectivity index (χ1n) is 11.6. The highest BCUT2D eigenvalue weighted by Crippen LogP contribution is 2.42. The Bertz CT molecular complexity index is 1120. The van der Waals surface area contributed by atoms with Crippen LogP contribution in [0.5, 0.6) is 5.75 Å². The molecule has 6 nitrogen and oxygen atoms in total. The molecule has 33 heavy (non-hydrogen) atoms. The van der Waals surface area contributed by atoms with Crippen molar-refractivity contribution in [2.45, 2.75) is 37.8 Å². The van der Waals surface area contributed by atoms with Crippen LogP contribution in [-0.4, -0.2) is 73.9 Å². The number of sulfonamides is 1. The number of fused-ring (bicyclic) bond motifs is 1. The number of benzene rings is 2. The van der Waals surface area contributed by atoms with Crippen molar-refractivity contribution in [3.63, 3.8) is 0 Å². The van der Waals surface area contributed by atoms with Crippen LogP contribution in [0, 0.1) is 11.8 Å². The number of hydrogen-bond acceptors (Lipinski definition) is 5. The molecule has 2 fully saturated rings. The molecule has 2 heterocycles. The lowest BCUT2D eigenvalue weighted by Gasteiger charge is -2.57. The van der Waals surface area contributed by atoms with Gasteiger partial charge in [0.1, 0.15) is 5.75 Å². The summed E-state index contributed by atoms with van der Waals surface area (Å²) in [6, 6.07) is 15.9.